The van der Waals surface area contributed by atoms with Gasteiger partial charge in [-0.1, -0.05) is 24.3 Å². The van der Waals surface area contributed by atoms with Crippen molar-refractivity contribution in [2.75, 3.05) is 7.05 Å². The van der Waals surface area contributed by atoms with Gasteiger partial charge in [0.05, 0.1) is 6.04 Å². The second-order valence-electron chi connectivity index (χ2n) is 2.99. The first kappa shape index (κ1) is 7.50. The van der Waals surface area contributed by atoms with Gasteiger partial charge in [-0.15, -0.1) is 0 Å². The molecule has 0 amide bonds. The van der Waals surface area contributed by atoms with Gasteiger partial charge in [0.25, 0.3) is 0 Å². The molecule has 61 valence electrons. The van der Waals surface area contributed by atoms with Crippen molar-refractivity contribution in [2.45, 2.75) is 12.5 Å². The van der Waals surface area contributed by atoms with Crippen LogP contribution in [0.5, 0.6) is 0 Å². The Labute approximate surface area is 71.6 Å². The molecule has 1 unspecified atom stereocenters. The molecular weight excluding hydrogens is 150 g/mol. The van der Waals surface area contributed by atoms with Gasteiger partial charge in [0.1, 0.15) is 0 Å². The van der Waals surface area contributed by atoms with Gasteiger partial charge >= 0.3 is 0 Å². The fourth-order valence-corrected chi connectivity index (χ4v) is 1.67. The van der Waals surface area contributed by atoms with E-state index in [1.807, 2.05) is 24.3 Å². The Balaban J connectivity index is 2.50. The summed E-state index contributed by atoms with van der Waals surface area (Å²) in [5.74, 6) is 0.223. The van der Waals surface area contributed by atoms with Crippen molar-refractivity contribution < 1.29 is 4.79 Å². The third kappa shape index (κ3) is 0.959. The van der Waals surface area contributed by atoms with Gasteiger partial charge in [-0.3, -0.25) is 4.79 Å². The highest BCUT2D eigenvalue weighted by Gasteiger charge is 2.27. The van der Waals surface area contributed by atoms with E-state index in [4.69, 9.17) is 0 Å². The van der Waals surface area contributed by atoms with E-state index in [0.717, 1.165) is 11.1 Å². The van der Waals surface area contributed by atoms with Crippen LogP contribution in [0.15, 0.2) is 24.3 Å². The molecular formula is C10H10NO. The van der Waals surface area contributed by atoms with E-state index in [1.54, 1.807) is 7.05 Å². The normalized spacial score (nSPS) is 21.1. The molecule has 2 heteroatoms. The minimum atomic E-state index is 0.105. The summed E-state index contributed by atoms with van der Waals surface area (Å²) >= 11 is 0. The lowest BCUT2D eigenvalue weighted by molar-refractivity contribution is 0.0986. The molecule has 2 nitrogen and oxygen atoms in total. The molecule has 0 heterocycles. The highest BCUT2D eigenvalue weighted by Crippen LogP contribution is 2.30. The highest BCUT2D eigenvalue weighted by molar-refractivity contribution is 6.01. The monoisotopic (exact) mass is 160 g/mol. The number of fused-ring (bicyclic) bond motifs is 1. The van der Waals surface area contributed by atoms with Crippen LogP contribution in [0.1, 0.15) is 28.4 Å². The average molecular weight is 160 g/mol. The average Bonchev–Trinajstić information content (AvgIpc) is 2.44. The van der Waals surface area contributed by atoms with Gasteiger partial charge in [-0.05, 0) is 5.56 Å². The lowest BCUT2D eigenvalue weighted by Gasteiger charge is -2.05. The van der Waals surface area contributed by atoms with Crippen LogP contribution < -0.4 is 5.32 Å². The van der Waals surface area contributed by atoms with Gasteiger partial charge in [0.15, 0.2) is 5.78 Å². The zero-order valence-electron chi connectivity index (χ0n) is 6.95. The third-order valence-corrected chi connectivity index (χ3v) is 2.31. The molecule has 12 heavy (non-hydrogen) atoms. The van der Waals surface area contributed by atoms with Crippen LogP contribution in [0, 0.1) is 0 Å². The molecule has 0 bridgehead atoms. The van der Waals surface area contributed by atoms with Crippen LogP contribution in [0.25, 0.3) is 0 Å². The minimum absolute atomic E-state index is 0.105. The number of hydrogen-bond acceptors (Lipinski definition) is 1. The van der Waals surface area contributed by atoms with E-state index in [-0.39, 0.29) is 11.8 Å². The summed E-state index contributed by atoms with van der Waals surface area (Å²) in [6.07, 6.45) is 0.551. The van der Waals surface area contributed by atoms with Crippen LogP contribution >= 0.6 is 0 Å². The van der Waals surface area contributed by atoms with Crippen molar-refractivity contribution in [3.63, 3.8) is 0 Å². The van der Waals surface area contributed by atoms with Gasteiger partial charge in [0, 0.05) is 19.0 Å². The van der Waals surface area contributed by atoms with E-state index in [2.05, 4.69) is 5.32 Å². The maximum atomic E-state index is 11.4. The molecule has 0 fully saturated rings. The van der Waals surface area contributed by atoms with E-state index in [9.17, 15) is 4.79 Å². The number of benzene rings is 1. The van der Waals surface area contributed by atoms with Gasteiger partial charge < -0.3 is 0 Å². The number of carbonyl (C=O) groups is 1. The molecule has 0 N–H and O–H groups in total. The standard InChI is InChI=1S/C10H10NO/c1-11-9-6-10(12)8-5-3-2-4-7(8)9/h2-5,9H,6H2,1H3. The molecule has 1 aliphatic carbocycles. The number of rotatable bonds is 1. The molecule has 0 aliphatic heterocycles. The predicted molar refractivity (Wildman–Crippen MR) is 46.2 cm³/mol. The van der Waals surface area contributed by atoms with Crippen molar-refractivity contribution in [3.05, 3.63) is 35.4 Å². The van der Waals surface area contributed by atoms with Crippen LogP contribution in [-0.2, 0) is 0 Å². The zero-order valence-corrected chi connectivity index (χ0v) is 6.95. The summed E-state index contributed by atoms with van der Waals surface area (Å²) in [5.41, 5.74) is 1.94. The van der Waals surface area contributed by atoms with E-state index in [0.29, 0.717) is 6.42 Å². The number of carbonyl (C=O) groups excluding carboxylic acids is 1. The predicted octanol–water partition coefficient (Wildman–Crippen LogP) is 1.55. The number of hydrogen-bond donors (Lipinski definition) is 0. The third-order valence-electron chi connectivity index (χ3n) is 2.31. The quantitative estimate of drug-likeness (QED) is 0.613. The first-order valence-electron chi connectivity index (χ1n) is 4.04. The van der Waals surface area contributed by atoms with Crippen LogP contribution in [0.4, 0.5) is 0 Å². The van der Waals surface area contributed by atoms with Crippen molar-refractivity contribution in [2.24, 2.45) is 0 Å². The Morgan fingerprint density at radius 1 is 1.42 bits per heavy atom. The van der Waals surface area contributed by atoms with Crippen molar-refractivity contribution in [1.29, 1.82) is 0 Å². The lowest BCUT2D eigenvalue weighted by atomic mass is 10.1. The number of ketones is 1. The summed E-state index contributed by atoms with van der Waals surface area (Å²) in [6.45, 7) is 0. The van der Waals surface area contributed by atoms with Crippen LogP contribution in [0.2, 0.25) is 0 Å². The zero-order chi connectivity index (χ0) is 8.55. The van der Waals surface area contributed by atoms with Gasteiger partial charge in [-0.2, -0.15) is 0 Å². The highest BCUT2D eigenvalue weighted by atomic mass is 16.1. The molecule has 1 radical (unpaired) electrons. The Kier molecular flexibility index (Phi) is 1.70. The smallest absolute Gasteiger partial charge is 0.165 e. The summed E-state index contributed by atoms with van der Waals surface area (Å²) in [7, 11) is 1.76. The molecule has 1 aromatic rings. The molecule has 2 rings (SSSR count). The molecule has 1 atom stereocenters. The molecule has 1 aromatic carbocycles. The van der Waals surface area contributed by atoms with Crippen molar-refractivity contribution in [3.8, 4) is 0 Å². The van der Waals surface area contributed by atoms with Crippen LogP contribution in [0.3, 0.4) is 0 Å². The molecule has 1 aliphatic rings. The van der Waals surface area contributed by atoms with E-state index < -0.39 is 0 Å². The lowest BCUT2D eigenvalue weighted by Crippen LogP contribution is -2.05. The second kappa shape index (κ2) is 2.72. The first-order valence-corrected chi connectivity index (χ1v) is 4.04. The first-order chi connectivity index (χ1) is 5.83. The largest absolute Gasteiger partial charge is 0.294 e. The Morgan fingerprint density at radius 3 is 2.92 bits per heavy atom. The number of nitrogens with zero attached hydrogens (tertiary/aromatic N) is 1. The molecule has 0 saturated carbocycles. The molecule has 0 saturated heterocycles. The summed E-state index contributed by atoms with van der Waals surface area (Å²) in [5, 5.41) is 4.16. The van der Waals surface area contributed by atoms with E-state index >= 15 is 0 Å². The maximum absolute atomic E-state index is 11.4. The fourth-order valence-electron chi connectivity index (χ4n) is 1.67. The SMILES string of the molecule is C[N]C1CC(=O)c2ccccc21. The minimum Gasteiger partial charge on any atom is -0.294 e. The van der Waals surface area contributed by atoms with Crippen LogP contribution in [-0.4, -0.2) is 12.8 Å². The fraction of sp³-hybridized carbons (Fsp3) is 0.300. The topological polar surface area (TPSA) is 31.2 Å². The van der Waals surface area contributed by atoms with E-state index in [1.165, 1.54) is 0 Å². The number of Topliss-reactive ketones (excluding diaryl/α,β-unsaturated/α-hetero) is 1. The summed E-state index contributed by atoms with van der Waals surface area (Å²) in [6, 6.07) is 7.82. The Morgan fingerprint density at radius 2 is 2.17 bits per heavy atom. The van der Waals surface area contributed by atoms with Crippen molar-refractivity contribution in [1.82, 2.24) is 5.32 Å². The summed E-state index contributed by atoms with van der Waals surface area (Å²) < 4.78 is 0. The Hall–Kier alpha value is -1.15. The summed E-state index contributed by atoms with van der Waals surface area (Å²) in [4.78, 5) is 11.4. The molecule has 0 aromatic heterocycles. The Bertz CT molecular complexity index is 319. The second-order valence-corrected chi connectivity index (χ2v) is 2.99. The maximum Gasteiger partial charge on any atom is 0.165 e. The van der Waals surface area contributed by atoms with Gasteiger partial charge in [0.2, 0.25) is 0 Å². The van der Waals surface area contributed by atoms with Gasteiger partial charge in [-0.25, -0.2) is 5.32 Å². The van der Waals surface area contributed by atoms with Crippen molar-refractivity contribution >= 4 is 5.78 Å². The molecule has 0 spiro atoms.